The van der Waals surface area contributed by atoms with Crippen molar-refractivity contribution in [3.63, 3.8) is 0 Å². The van der Waals surface area contributed by atoms with Crippen molar-refractivity contribution in [3.8, 4) is 0 Å². The highest BCUT2D eigenvalue weighted by Gasteiger charge is 2.48. The van der Waals surface area contributed by atoms with Crippen LogP contribution >= 0.6 is 0 Å². The van der Waals surface area contributed by atoms with Gasteiger partial charge in [-0.15, -0.1) is 0 Å². The van der Waals surface area contributed by atoms with Gasteiger partial charge in [0.2, 0.25) is 0 Å². The highest BCUT2D eigenvalue weighted by molar-refractivity contribution is 5.66. The Hall–Kier alpha value is -0.610. The first kappa shape index (κ1) is 16.8. The molecule has 122 valence electrons. The predicted octanol–water partition coefficient (Wildman–Crippen LogP) is 3.63. The molecular formula is C17H30O4. The Bertz CT molecular complexity index is 318. The molecule has 2 aliphatic rings. The first-order valence-corrected chi connectivity index (χ1v) is 8.67. The molecule has 2 heterocycles. The molecule has 0 radical (unpaired) electrons. The van der Waals surface area contributed by atoms with Gasteiger partial charge in [0.15, 0.2) is 0 Å². The molecule has 21 heavy (non-hydrogen) atoms. The van der Waals surface area contributed by atoms with Crippen LogP contribution in [-0.2, 0) is 14.3 Å². The van der Waals surface area contributed by atoms with Crippen molar-refractivity contribution in [2.45, 2.75) is 76.9 Å². The van der Waals surface area contributed by atoms with Crippen LogP contribution < -0.4 is 0 Å². The van der Waals surface area contributed by atoms with Crippen LogP contribution in [0.5, 0.6) is 0 Å². The van der Waals surface area contributed by atoms with E-state index in [9.17, 15) is 4.79 Å². The number of unbranched alkanes of at least 4 members (excludes halogenated alkanes) is 3. The molecule has 2 saturated heterocycles. The summed E-state index contributed by atoms with van der Waals surface area (Å²) in [5.41, 5.74) is 0. The first-order valence-electron chi connectivity index (χ1n) is 8.67. The van der Waals surface area contributed by atoms with E-state index in [-0.39, 0.29) is 6.42 Å². The second-order valence-electron chi connectivity index (χ2n) is 6.54. The molecule has 0 aromatic carbocycles. The Kier molecular flexibility index (Phi) is 6.97. The van der Waals surface area contributed by atoms with Crippen molar-refractivity contribution >= 4 is 5.97 Å². The summed E-state index contributed by atoms with van der Waals surface area (Å²) in [6.07, 6.45) is 9.99. The average Bonchev–Trinajstić information content (AvgIpc) is 3.04. The van der Waals surface area contributed by atoms with Gasteiger partial charge in [-0.25, -0.2) is 0 Å². The van der Waals surface area contributed by atoms with Gasteiger partial charge < -0.3 is 14.6 Å². The normalized spacial score (nSPS) is 30.9. The quantitative estimate of drug-likeness (QED) is 0.592. The number of ether oxygens (including phenoxy) is 2. The number of carboxylic acid groups (broad SMARTS) is 1. The fourth-order valence-corrected chi connectivity index (χ4v) is 3.84. The van der Waals surface area contributed by atoms with E-state index in [1.54, 1.807) is 0 Å². The summed E-state index contributed by atoms with van der Waals surface area (Å²) in [7, 11) is 0. The molecule has 2 aliphatic heterocycles. The lowest BCUT2D eigenvalue weighted by Crippen LogP contribution is -2.31. The lowest BCUT2D eigenvalue weighted by atomic mass is 9.77. The molecule has 2 bridgehead atoms. The molecule has 2 rings (SSSR count). The minimum Gasteiger partial charge on any atom is -0.481 e. The highest BCUT2D eigenvalue weighted by atomic mass is 16.5. The van der Waals surface area contributed by atoms with E-state index in [0.29, 0.717) is 24.0 Å². The third-order valence-electron chi connectivity index (χ3n) is 4.97. The minimum atomic E-state index is -0.692. The van der Waals surface area contributed by atoms with Gasteiger partial charge >= 0.3 is 5.97 Å². The molecule has 0 aromatic heterocycles. The Morgan fingerprint density at radius 3 is 2.62 bits per heavy atom. The zero-order valence-electron chi connectivity index (χ0n) is 13.3. The van der Waals surface area contributed by atoms with Gasteiger partial charge in [0.25, 0.3) is 0 Å². The monoisotopic (exact) mass is 298 g/mol. The Balaban J connectivity index is 1.67. The van der Waals surface area contributed by atoms with E-state index < -0.39 is 5.97 Å². The summed E-state index contributed by atoms with van der Waals surface area (Å²) >= 11 is 0. The van der Waals surface area contributed by atoms with Gasteiger partial charge in [-0.1, -0.05) is 26.2 Å². The van der Waals surface area contributed by atoms with Crippen LogP contribution in [0, 0.1) is 11.8 Å². The molecule has 0 aliphatic carbocycles. The van der Waals surface area contributed by atoms with E-state index in [4.69, 9.17) is 14.6 Å². The maximum atomic E-state index is 10.7. The van der Waals surface area contributed by atoms with Crippen LogP contribution in [0.2, 0.25) is 0 Å². The first-order chi connectivity index (χ1) is 10.2. The predicted molar refractivity (Wildman–Crippen MR) is 81.3 cm³/mol. The van der Waals surface area contributed by atoms with E-state index in [0.717, 1.165) is 45.3 Å². The summed E-state index contributed by atoms with van der Waals surface area (Å²) in [5.74, 6) is 0.310. The molecule has 2 fully saturated rings. The second-order valence-corrected chi connectivity index (χ2v) is 6.54. The van der Waals surface area contributed by atoms with Crippen molar-refractivity contribution < 1.29 is 19.4 Å². The summed E-state index contributed by atoms with van der Waals surface area (Å²) in [6.45, 7) is 3.87. The maximum absolute atomic E-state index is 10.7. The Morgan fingerprint density at radius 2 is 1.90 bits per heavy atom. The van der Waals surface area contributed by atoms with E-state index in [1.807, 2.05) is 0 Å². The SMILES string of the molecule is CCCCCCOC[C@@H]1[C@H](CCCC(=O)O)[C@@H]2CC[C@H]1O2. The van der Waals surface area contributed by atoms with Crippen molar-refractivity contribution in [1.29, 1.82) is 0 Å². The third kappa shape index (κ3) is 4.96. The lowest BCUT2D eigenvalue weighted by Gasteiger charge is -2.27. The molecule has 4 nitrogen and oxygen atoms in total. The molecule has 4 heteroatoms. The fourth-order valence-electron chi connectivity index (χ4n) is 3.84. The van der Waals surface area contributed by atoms with Gasteiger partial charge in [0.1, 0.15) is 0 Å². The smallest absolute Gasteiger partial charge is 0.303 e. The Labute approximate surface area is 128 Å². The molecule has 0 unspecified atom stereocenters. The molecule has 1 N–H and O–H groups in total. The number of carboxylic acids is 1. The molecule has 0 amide bonds. The summed E-state index contributed by atoms with van der Waals surface area (Å²) in [4.78, 5) is 10.7. The summed E-state index contributed by atoms with van der Waals surface area (Å²) in [5, 5.41) is 8.77. The van der Waals surface area contributed by atoms with E-state index >= 15 is 0 Å². The van der Waals surface area contributed by atoms with Crippen molar-refractivity contribution in [1.82, 2.24) is 0 Å². The average molecular weight is 298 g/mol. The van der Waals surface area contributed by atoms with Gasteiger partial charge in [-0.2, -0.15) is 0 Å². The van der Waals surface area contributed by atoms with Crippen LogP contribution in [0.3, 0.4) is 0 Å². The van der Waals surface area contributed by atoms with Crippen LogP contribution in [0.25, 0.3) is 0 Å². The minimum absolute atomic E-state index is 0.276. The maximum Gasteiger partial charge on any atom is 0.303 e. The summed E-state index contributed by atoms with van der Waals surface area (Å²) < 4.78 is 11.9. The number of hydrogen-bond donors (Lipinski definition) is 1. The summed E-state index contributed by atoms with van der Waals surface area (Å²) in [6, 6.07) is 0. The molecule has 0 aromatic rings. The Morgan fingerprint density at radius 1 is 1.14 bits per heavy atom. The van der Waals surface area contributed by atoms with Crippen molar-refractivity contribution in [2.24, 2.45) is 11.8 Å². The number of aliphatic carboxylic acids is 1. The number of carbonyl (C=O) groups is 1. The zero-order chi connectivity index (χ0) is 15.1. The second kappa shape index (κ2) is 8.74. The van der Waals surface area contributed by atoms with Gasteiger partial charge in [-0.3, -0.25) is 4.79 Å². The molecule has 4 atom stereocenters. The van der Waals surface area contributed by atoms with Crippen molar-refractivity contribution in [2.75, 3.05) is 13.2 Å². The standard InChI is InChI=1S/C17H30O4/c1-2-3-4-5-11-20-12-14-13(7-6-8-17(18)19)15-9-10-16(14)21-15/h13-16H,2-12H2,1H3,(H,18,19)/t13-,14+,15-,16+/m0/s1. The highest BCUT2D eigenvalue weighted by Crippen LogP contribution is 2.45. The molecular weight excluding hydrogens is 268 g/mol. The topological polar surface area (TPSA) is 55.8 Å². The van der Waals surface area contributed by atoms with Gasteiger partial charge in [0, 0.05) is 18.9 Å². The van der Waals surface area contributed by atoms with E-state index in [2.05, 4.69) is 6.92 Å². The number of rotatable bonds is 11. The number of fused-ring (bicyclic) bond motifs is 2. The third-order valence-corrected chi connectivity index (χ3v) is 4.97. The lowest BCUT2D eigenvalue weighted by molar-refractivity contribution is -0.137. The van der Waals surface area contributed by atoms with Crippen LogP contribution in [-0.4, -0.2) is 36.5 Å². The van der Waals surface area contributed by atoms with Crippen molar-refractivity contribution in [3.05, 3.63) is 0 Å². The van der Waals surface area contributed by atoms with Gasteiger partial charge in [0.05, 0.1) is 18.8 Å². The van der Waals surface area contributed by atoms with Crippen LogP contribution in [0.15, 0.2) is 0 Å². The molecule has 0 saturated carbocycles. The zero-order valence-corrected chi connectivity index (χ0v) is 13.3. The largest absolute Gasteiger partial charge is 0.481 e. The number of hydrogen-bond acceptors (Lipinski definition) is 3. The molecule has 0 spiro atoms. The van der Waals surface area contributed by atoms with Gasteiger partial charge in [-0.05, 0) is 38.0 Å². The van der Waals surface area contributed by atoms with E-state index in [1.165, 1.54) is 19.3 Å². The fraction of sp³-hybridized carbons (Fsp3) is 0.941. The van der Waals surface area contributed by atoms with Crippen LogP contribution in [0.4, 0.5) is 0 Å². The van der Waals surface area contributed by atoms with Crippen LogP contribution in [0.1, 0.15) is 64.7 Å².